The second kappa shape index (κ2) is 5.17. The first-order chi connectivity index (χ1) is 9.63. The Morgan fingerprint density at radius 2 is 2.05 bits per heavy atom. The van der Waals surface area contributed by atoms with Crippen molar-refractivity contribution >= 4 is 38.9 Å². The number of rotatable bonds is 2. The molecular formula is C15H14BrN3O. The summed E-state index contributed by atoms with van der Waals surface area (Å²) >= 11 is 3.52. The molecule has 0 saturated carbocycles. The van der Waals surface area contributed by atoms with Crippen LogP contribution in [-0.2, 0) is 11.3 Å². The molecule has 4 nitrogen and oxygen atoms in total. The minimum atomic E-state index is 0.00951. The number of nitrogen functional groups attached to an aromatic ring is 1. The van der Waals surface area contributed by atoms with E-state index in [1.54, 1.807) is 0 Å². The van der Waals surface area contributed by atoms with Crippen molar-refractivity contribution in [3.8, 4) is 0 Å². The van der Waals surface area contributed by atoms with Gasteiger partial charge in [-0.3, -0.25) is 4.79 Å². The number of para-hydroxylation sites is 2. The van der Waals surface area contributed by atoms with Crippen molar-refractivity contribution in [2.75, 3.05) is 22.5 Å². The van der Waals surface area contributed by atoms with Gasteiger partial charge in [-0.1, -0.05) is 34.1 Å². The van der Waals surface area contributed by atoms with Gasteiger partial charge in [0.1, 0.15) is 0 Å². The third-order valence-electron chi connectivity index (χ3n) is 3.29. The topological polar surface area (TPSA) is 58.4 Å². The van der Waals surface area contributed by atoms with E-state index in [0.29, 0.717) is 13.1 Å². The molecule has 5 heteroatoms. The molecule has 0 spiro atoms. The molecule has 2 aromatic carbocycles. The zero-order chi connectivity index (χ0) is 14.1. The smallest absolute Gasteiger partial charge is 0.243 e. The molecule has 0 saturated heterocycles. The highest BCUT2D eigenvalue weighted by Gasteiger charge is 2.21. The summed E-state index contributed by atoms with van der Waals surface area (Å²) in [5.74, 6) is 0.00951. The van der Waals surface area contributed by atoms with Gasteiger partial charge in [-0.15, -0.1) is 0 Å². The second-order valence-corrected chi connectivity index (χ2v) is 5.63. The number of nitrogens with two attached hydrogens (primary N) is 1. The third-order valence-corrected chi connectivity index (χ3v) is 4.03. The molecule has 1 aliphatic rings. The first kappa shape index (κ1) is 13.0. The van der Waals surface area contributed by atoms with E-state index in [4.69, 9.17) is 5.73 Å². The number of fused-ring (bicyclic) bond motifs is 1. The van der Waals surface area contributed by atoms with Crippen molar-refractivity contribution in [2.45, 2.75) is 6.54 Å². The Morgan fingerprint density at radius 1 is 1.25 bits per heavy atom. The van der Waals surface area contributed by atoms with Crippen molar-refractivity contribution in [3.05, 3.63) is 52.5 Å². The van der Waals surface area contributed by atoms with E-state index in [1.165, 1.54) is 0 Å². The van der Waals surface area contributed by atoms with Gasteiger partial charge in [-0.2, -0.15) is 0 Å². The van der Waals surface area contributed by atoms with E-state index in [2.05, 4.69) is 26.1 Å². The fraction of sp³-hybridized carbons (Fsp3) is 0.133. The van der Waals surface area contributed by atoms with Crippen LogP contribution in [0.15, 0.2) is 46.9 Å². The maximum atomic E-state index is 11.8. The monoisotopic (exact) mass is 331 g/mol. The summed E-state index contributed by atoms with van der Waals surface area (Å²) in [5, 5.41) is 2.89. The normalized spacial score (nSPS) is 13.8. The average molecular weight is 332 g/mol. The molecule has 1 aliphatic heterocycles. The summed E-state index contributed by atoms with van der Waals surface area (Å²) in [7, 11) is 0. The number of carbonyl (C=O) groups is 1. The lowest BCUT2D eigenvalue weighted by molar-refractivity contribution is -0.115. The van der Waals surface area contributed by atoms with Crippen molar-refractivity contribution in [3.63, 3.8) is 0 Å². The second-order valence-electron chi connectivity index (χ2n) is 4.77. The molecule has 1 amide bonds. The molecule has 0 unspecified atom stereocenters. The SMILES string of the molecule is Nc1ccc(CN2CC(=O)Nc3ccccc32)c(Br)c1. The lowest BCUT2D eigenvalue weighted by Gasteiger charge is -2.31. The largest absolute Gasteiger partial charge is 0.399 e. The summed E-state index contributed by atoms with van der Waals surface area (Å²) in [5.41, 5.74) is 9.47. The van der Waals surface area contributed by atoms with Crippen LogP contribution < -0.4 is 16.0 Å². The van der Waals surface area contributed by atoms with Gasteiger partial charge in [-0.25, -0.2) is 0 Å². The molecule has 3 rings (SSSR count). The molecule has 2 aromatic rings. The van der Waals surface area contributed by atoms with E-state index in [0.717, 1.165) is 27.1 Å². The molecule has 0 aromatic heterocycles. The van der Waals surface area contributed by atoms with Crippen LogP contribution in [0.4, 0.5) is 17.1 Å². The maximum absolute atomic E-state index is 11.8. The van der Waals surface area contributed by atoms with Crippen molar-refractivity contribution in [2.24, 2.45) is 0 Å². The predicted octanol–water partition coefficient (Wildman–Crippen LogP) is 2.99. The van der Waals surface area contributed by atoms with Crippen molar-refractivity contribution in [1.29, 1.82) is 0 Å². The van der Waals surface area contributed by atoms with Crippen molar-refractivity contribution < 1.29 is 4.79 Å². The molecule has 0 bridgehead atoms. The van der Waals surface area contributed by atoms with Gasteiger partial charge in [0.25, 0.3) is 0 Å². The van der Waals surface area contributed by atoms with Crippen LogP contribution in [0.2, 0.25) is 0 Å². The van der Waals surface area contributed by atoms with Crippen LogP contribution in [0.25, 0.3) is 0 Å². The predicted molar refractivity (Wildman–Crippen MR) is 84.7 cm³/mol. The number of benzene rings is 2. The van der Waals surface area contributed by atoms with Gasteiger partial charge in [0.2, 0.25) is 5.91 Å². The Balaban J connectivity index is 1.93. The van der Waals surface area contributed by atoms with Gasteiger partial charge in [0.15, 0.2) is 0 Å². The number of halogens is 1. The van der Waals surface area contributed by atoms with Crippen LogP contribution in [0.3, 0.4) is 0 Å². The van der Waals surface area contributed by atoms with Crippen molar-refractivity contribution in [1.82, 2.24) is 0 Å². The fourth-order valence-corrected chi connectivity index (χ4v) is 2.86. The zero-order valence-corrected chi connectivity index (χ0v) is 12.4. The molecule has 102 valence electrons. The highest BCUT2D eigenvalue weighted by molar-refractivity contribution is 9.10. The summed E-state index contributed by atoms with van der Waals surface area (Å²) < 4.78 is 0.959. The number of amides is 1. The Morgan fingerprint density at radius 3 is 2.85 bits per heavy atom. The number of nitrogens with zero attached hydrogens (tertiary/aromatic N) is 1. The fourth-order valence-electron chi connectivity index (χ4n) is 2.34. The zero-order valence-electron chi connectivity index (χ0n) is 10.8. The summed E-state index contributed by atoms with van der Waals surface area (Å²) in [6, 6.07) is 13.6. The Kier molecular flexibility index (Phi) is 3.36. The molecule has 3 N–H and O–H groups in total. The standard InChI is InChI=1S/C15H14BrN3O/c16-12-7-11(17)6-5-10(12)8-19-9-15(20)18-13-3-1-2-4-14(13)19/h1-7H,8-9,17H2,(H,18,20). The number of hydrogen-bond donors (Lipinski definition) is 2. The van der Waals surface area contributed by atoms with Crippen LogP contribution in [0, 0.1) is 0 Å². The molecular weight excluding hydrogens is 318 g/mol. The van der Waals surface area contributed by atoms with Crippen LogP contribution in [-0.4, -0.2) is 12.5 Å². The highest BCUT2D eigenvalue weighted by Crippen LogP contribution is 2.31. The van der Waals surface area contributed by atoms with E-state index in [1.807, 2.05) is 42.5 Å². The van der Waals surface area contributed by atoms with Gasteiger partial charge in [0.05, 0.1) is 17.9 Å². The third kappa shape index (κ3) is 2.49. The molecule has 0 aliphatic carbocycles. The quantitative estimate of drug-likeness (QED) is 0.831. The number of nitrogens with one attached hydrogen (secondary N) is 1. The number of carbonyl (C=O) groups excluding carboxylic acids is 1. The number of hydrogen-bond acceptors (Lipinski definition) is 3. The van der Waals surface area contributed by atoms with Gasteiger partial charge in [-0.05, 0) is 29.8 Å². The molecule has 0 atom stereocenters. The minimum Gasteiger partial charge on any atom is -0.399 e. The minimum absolute atomic E-state index is 0.00951. The molecule has 1 heterocycles. The summed E-state index contributed by atoms with van der Waals surface area (Å²) in [6.45, 7) is 1.01. The van der Waals surface area contributed by atoms with Gasteiger partial charge >= 0.3 is 0 Å². The Bertz CT molecular complexity index is 672. The van der Waals surface area contributed by atoms with Crippen LogP contribution in [0.5, 0.6) is 0 Å². The van der Waals surface area contributed by atoms with E-state index in [-0.39, 0.29) is 5.91 Å². The average Bonchev–Trinajstić information content (AvgIpc) is 2.41. The Hall–Kier alpha value is -2.01. The number of anilines is 3. The summed E-state index contributed by atoms with van der Waals surface area (Å²) in [4.78, 5) is 13.8. The lowest BCUT2D eigenvalue weighted by atomic mass is 10.1. The highest BCUT2D eigenvalue weighted by atomic mass is 79.9. The van der Waals surface area contributed by atoms with Gasteiger partial charge in [0, 0.05) is 16.7 Å². The van der Waals surface area contributed by atoms with Crippen LogP contribution in [0.1, 0.15) is 5.56 Å². The maximum Gasteiger partial charge on any atom is 0.243 e. The molecule has 0 radical (unpaired) electrons. The first-order valence-corrected chi connectivity index (χ1v) is 7.10. The van der Waals surface area contributed by atoms with E-state index < -0.39 is 0 Å². The first-order valence-electron chi connectivity index (χ1n) is 6.31. The summed E-state index contributed by atoms with van der Waals surface area (Å²) in [6.07, 6.45) is 0. The van der Waals surface area contributed by atoms with Crippen LogP contribution >= 0.6 is 15.9 Å². The van der Waals surface area contributed by atoms with E-state index in [9.17, 15) is 4.79 Å². The molecule has 0 fully saturated rings. The Labute approximate surface area is 125 Å². The van der Waals surface area contributed by atoms with Gasteiger partial charge < -0.3 is 16.0 Å². The van der Waals surface area contributed by atoms with E-state index >= 15 is 0 Å². The molecule has 20 heavy (non-hydrogen) atoms. The lowest BCUT2D eigenvalue weighted by Crippen LogP contribution is -2.37.